The summed E-state index contributed by atoms with van der Waals surface area (Å²) in [5.74, 6) is -1.10. The van der Waals surface area contributed by atoms with Gasteiger partial charge in [0.05, 0.1) is 6.07 Å². The van der Waals surface area contributed by atoms with E-state index in [1.807, 2.05) is 61.5 Å². The Bertz CT molecular complexity index is 1420. The Morgan fingerprint density at radius 2 is 1.71 bits per heavy atom. The van der Waals surface area contributed by atoms with E-state index in [0.717, 1.165) is 16.7 Å². The monoisotopic (exact) mass is 552 g/mol. The van der Waals surface area contributed by atoms with E-state index < -0.39 is 42.1 Å². The number of amides is 3. The highest BCUT2D eigenvalue weighted by atomic mass is 16.6. The van der Waals surface area contributed by atoms with E-state index in [0.29, 0.717) is 11.3 Å². The molecule has 8 heteroatoms. The molecule has 0 saturated heterocycles. The Morgan fingerprint density at radius 1 is 1.02 bits per heavy atom. The smallest absolute Gasteiger partial charge is 0.408 e. The normalized spacial score (nSPS) is 12.3. The maximum atomic E-state index is 14.2. The average Bonchev–Trinajstić information content (AvgIpc) is 2.93. The van der Waals surface area contributed by atoms with E-state index in [-0.39, 0.29) is 6.42 Å². The van der Waals surface area contributed by atoms with Gasteiger partial charge in [0.15, 0.2) is 0 Å². The molecule has 0 radical (unpaired) electrons. The van der Waals surface area contributed by atoms with E-state index in [4.69, 9.17) is 4.74 Å². The van der Waals surface area contributed by atoms with Gasteiger partial charge in [-0.3, -0.25) is 9.59 Å². The molecule has 3 amide bonds. The second kappa shape index (κ2) is 13.9. The first-order valence-electron chi connectivity index (χ1n) is 13.3. The van der Waals surface area contributed by atoms with Crippen LogP contribution in [0.4, 0.5) is 10.5 Å². The first-order chi connectivity index (χ1) is 19.5. The summed E-state index contributed by atoms with van der Waals surface area (Å²) in [5, 5.41) is 15.4. The van der Waals surface area contributed by atoms with Gasteiger partial charge in [0.2, 0.25) is 5.91 Å². The SMILES string of the molecule is C=Cc1cccc(C(C(=O)Nc2ccccc2C)N(CC#N)C(=O)C(Cc2ccccc2)NC(=O)OC(C)(C)C)c1. The Morgan fingerprint density at radius 3 is 2.34 bits per heavy atom. The zero-order valence-electron chi connectivity index (χ0n) is 23.9. The quantitative estimate of drug-likeness (QED) is 0.309. The second-order valence-electron chi connectivity index (χ2n) is 10.6. The second-order valence-corrected chi connectivity index (χ2v) is 10.6. The minimum Gasteiger partial charge on any atom is -0.444 e. The largest absolute Gasteiger partial charge is 0.444 e. The van der Waals surface area contributed by atoms with Crippen molar-refractivity contribution in [2.45, 2.75) is 51.8 Å². The number of hydrogen-bond donors (Lipinski definition) is 2. The number of ether oxygens (including phenoxy) is 1. The van der Waals surface area contributed by atoms with E-state index >= 15 is 0 Å². The summed E-state index contributed by atoms with van der Waals surface area (Å²) >= 11 is 0. The van der Waals surface area contributed by atoms with Crippen LogP contribution in [0.5, 0.6) is 0 Å². The number of benzene rings is 3. The molecule has 0 aromatic heterocycles. The van der Waals surface area contributed by atoms with Gasteiger partial charge in [-0.15, -0.1) is 0 Å². The standard InChI is InChI=1S/C33H36N4O4/c1-6-24-16-12-17-26(21-24)29(30(38)35-27-18-11-10-13-23(27)2)37(20-19-34)31(39)28(22-25-14-8-7-9-15-25)36-32(40)41-33(3,4)5/h6-18,21,28-29H,1,20,22H2,2-5H3,(H,35,38)(H,36,40). The number of carbonyl (C=O) groups excluding carboxylic acids is 3. The molecule has 8 nitrogen and oxygen atoms in total. The Balaban J connectivity index is 2.07. The van der Waals surface area contributed by atoms with Crippen LogP contribution in [0.3, 0.4) is 0 Å². The first kappa shape index (κ1) is 30.6. The molecule has 212 valence electrons. The summed E-state index contributed by atoms with van der Waals surface area (Å²) in [4.78, 5) is 42.2. The number of carbonyl (C=O) groups is 3. The van der Waals surface area contributed by atoms with Crippen LogP contribution in [0.15, 0.2) is 85.4 Å². The van der Waals surface area contributed by atoms with Gasteiger partial charge in [0, 0.05) is 12.1 Å². The lowest BCUT2D eigenvalue weighted by Crippen LogP contribution is -2.53. The minimum atomic E-state index is -1.18. The van der Waals surface area contributed by atoms with E-state index in [1.54, 1.807) is 57.2 Å². The lowest BCUT2D eigenvalue weighted by molar-refractivity contribution is -0.140. The summed E-state index contributed by atoms with van der Waals surface area (Å²) in [5.41, 5.74) is 2.65. The molecular weight excluding hydrogens is 516 g/mol. The highest BCUT2D eigenvalue weighted by molar-refractivity contribution is 5.99. The highest BCUT2D eigenvalue weighted by Gasteiger charge is 2.36. The fourth-order valence-corrected chi connectivity index (χ4v) is 4.32. The lowest BCUT2D eigenvalue weighted by Gasteiger charge is -2.33. The topological polar surface area (TPSA) is 112 Å². The summed E-state index contributed by atoms with van der Waals surface area (Å²) in [6.07, 6.45) is 0.983. The molecule has 0 aliphatic heterocycles. The molecule has 41 heavy (non-hydrogen) atoms. The van der Waals surface area contributed by atoms with Gasteiger partial charge in [0.1, 0.15) is 24.2 Å². The zero-order valence-corrected chi connectivity index (χ0v) is 23.9. The summed E-state index contributed by atoms with van der Waals surface area (Å²) in [6.45, 7) is 10.4. The number of alkyl carbamates (subject to hydrolysis) is 1. The van der Waals surface area contributed by atoms with Gasteiger partial charge in [-0.05, 0) is 62.1 Å². The van der Waals surface area contributed by atoms with Gasteiger partial charge in [-0.2, -0.15) is 5.26 Å². The van der Waals surface area contributed by atoms with Crippen LogP contribution < -0.4 is 10.6 Å². The van der Waals surface area contributed by atoms with Gasteiger partial charge < -0.3 is 20.3 Å². The van der Waals surface area contributed by atoms with Gasteiger partial charge in [-0.25, -0.2) is 4.79 Å². The molecule has 2 unspecified atom stereocenters. The third-order valence-electron chi connectivity index (χ3n) is 6.22. The van der Waals surface area contributed by atoms with Crippen molar-refractivity contribution in [2.24, 2.45) is 0 Å². The fraction of sp³-hybridized carbons (Fsp3) is 0.273. The summed E-state index contributed by atoms with van der Waals surface area (Å²) in [6, 6.07) is 23.3. The van der Waals surface area contributed by atoms with Crippen LogP contribution in [0.1, 0.15) is 49.1 Å². The molecule has 0 aliphatic rings. The number of anilines is 1. The predicted octanol–water partition coefficient (Wildman–Crippen LogP) is 5.81. The average molecular weight is 553 g/mol. The Labute approximate surface area is 241 Å². The Kier molecular flexibility index (Phi) is 10.4. The molecule has 0 saturated carbocycles. The van der Waals surface area contributed by atoms with Crippen LogP contribution >= 0.6 is 0 Å². The molecule has 3 aromatic rings. The van der Waals surface area contributed by atoms with Gasteiger partial charge >= 0.3 is 6.09 Å². The molecule has 0 fully saturated rings. The number of nitriles is 1. The van der Waals surface area contributed by atoms with Crippen molar-refractivity contribution in [3.8, 4) is 6.07 Å². The number of aryl methyl sites for hydroxylation is 1. The molecule has 3 aromatic carbocycles. The molecule has 2 N–H and O–H groups in total. The maximum Gasteiger partial charge on any atom is 0.408 e. The van der Waals surface area contributed by atoms with E-state index in [1.165, 1.54) is 4.90 Å². The molecule has 3 rings (SSSR count). The van der Waals surface area contributed by atoms with Crippen molar-refractivity contribution in [2.75, 3.05) is 11.9 Å². The zero-order chi connectivity index (χ0) is 30.0. The third-order valence-corrected chi connectivity index (χ3v) is 6.22. The first-order valence-corrected chi connectivity index (χ1v) is 13.3. The number of hydrogen-bond acceptors (Lipinski definition) is 5. The molecule has 0 bridgehead atoms. The lowest BCUT2D eigenvalue weighted by atomic mass is 9.98. The number of rotatable bonds is 10. The number of nitrogens with one attached hydrogen (secondary N) is 2. The van der Waals surface area contributed by atoms with Crippen LogP contribution in [-0.4, -0.2) is 41.0 Å². The van der Waals surface area contributed by atoms with Gasteiger partial charge in [-0.1, -0.05) is 79.4 Å². The number of para-hydroxylation sites is 1. The van der Waals surface area contributed by atoms with Crippen LogP contribution in [0.25, 0.3) is 6.08 Å². The van der Waals surface area contributed by atoms with Crippen molar-refractivity contribution in [1.82, 2.24) is 10.2 Å². The molecule has 2 atom stereocenters. The van der Waals surface area contributed by atoms with E-state index in [9.17, 15) is 19.6 Å². The van der Waals surface area contributed by atoms with E-state index in [2.05, 4.69) is 17.2 Å². The van der Waals surface area contributed by atoms with Crippen molar-refractivity contribution in [3.05, 3.63) is 108 Å². The van der Waals surface area contributed by atoms with Crippen molar-refractivity contribution >= 4 is 29.7 Å². The number of nitrogens with zero attached hydrogens (tertiary/aromatic N) is 2. The molecular formula is C33H36N4O4. The minimum absolute atomic E-state index is 0.125. The van der Waals surface area contributed by atoms with Gasteiger partial charge in [0.25, 0.3) is 5.91 Å². The Hall–Kier alpha value is -4.90. The highest BCUT2D eigenvalue weighted by Crippen LogP contribution is 2.27. The third kappa shape index (κ3) is 8.80. The van der Waals surface area contributed by atoms with Crippen LogP contribution in [-0.2, 0) is 20.7 Å². The van der Waals surface area contributed by atoms with Crippen LogP contribution in [0, 0.1) is 18.3 Å². The van der Waals surface area contributed by atoms with Crippen molar-refractivity contribution in [3.63, 3.8) is 0 Å². The summed E-state index contributed by atoms with van der Waals surface area (Å²) in [7, 11) is 0. The molecule has 0 heterocycles. The van der Waals surface area contributed by atoms with Crippen LogP contribution in [0.2, 0.25) is 0 Å². The fourth-order valence-electron chi connectivity index (χ4n) is 4.32. The van der Waals surface area contributed by atoms with Crippen molar-refractivity contribution in [1.29, 1.82) is 5.26 Å². The summed E-state index contributed by atoms with van der Waals surface area (Å²) < 4.78 is 5.43. The van der Waals surface area contributed by atoms with Crippen molar-refractivity contribution < 1.29 is 19.1 Å². The molecule has 0 aliphatic carbocycles. The predicted molar refractivity (Wildman–Crippen MR) is 160 cm³/mol. The maximum absolute atomic E-state index is 14.2. The molecule has 0 spiro atoms.